The van der Waals surface area contributed by atoms with E-state index in [1.54, 1.807) is 7.11 Å². The maximum Gasteiger partial charge on any atom is 0.123 e. The first kappa shape index (κ1) is 23.9. The lowest BCUT2D eigenvalue weighted by atomic mass is 10.0. The van der Waals surface area contributed by atoms with Crippen molar-refractivity contribution in [3.63, 3.8) is 0 Å². The Hall–Kier alpha value is -4.96. The summed E-state index contributed by atoms with van der Waals surface area (Å²) in [5.74, 6) is 0.898. The van der Waals surface area contributed by atoms with Gasteiger partial charge in [-0.15, -0.1) is 0 Å². The summed E-state index contributed by atoms with van der Waals surface area (Å²) in [6, 6.07) is 39.7. The maximum absolute atomic E-state index is 5.80. The van der Waals surface area contributed by atoms with Gasteiger partial charge in [-0.2, -0.15) is 0 Å². The zero-order valence-electron chi connectivity index (χ0n) is 23.7. The third-order valence-corrected chi connectivity index (χ3v) is 9.05. The van der Waals surface area contributed by atoms with Gasteiger partial charge in [0.1, 0.15) is 11.9 Å². The second-order valence-corrected chi connectivity index (χ2v) is 11.0. The molecule has 4 nitrogen and oxygen atoms in total. The van der Waals surface area contributed by atoms with E-state index in [1.807, 2.05) is 6.07 Å². The zero-order chi connectivity index (χ0) is 27.8. The van der Waals surface area contributed by atoms with Gasteiger partial charge in [0.15, 0.2) is 0 Å². The highest BCUT2D eigenvalue weighted by Crippen LogP contribution is 2.52. The van der Waals surface area contributed by atoms with Crippen molar-refractivity contribution in [2.75, 3.05) is 24.0 Å². The molecule has 0 saturated carbocycles. The summed E-state index contributed by atoms with van der Waals surface area (Å²) in [5, 5.41) is 7.44. The van der Waals surface area contributed by atoms with Crippen LogP contribution < -0.4 is 14.5 Å². The summed E-state index contributed by atoms with van der Waals surface area (Å²) < 4.78 is 8.29. The van der Waals surface area contributed by atoms with Crippen LogP contribution in [0.4, 0.5) is 17.1 Å². The molecule has 0 fully saturated rings. The van der Waals surface area contributed by atoms with Gasteiger partial charge in [-0.3, -0.25) is 0 Å². The van der Waals surface area contributed by atoms with Crippen molar-refractivity contribution in [1.29, 1.82) is 0 Å². The molecule has 8 rings (SSSR count). The number of fused-ring (bicyclic) bond motifs is 10. The van der Waals surface area contributed by atoms with Crippen LogP contribution in [-0.4, -0.2) is 24.7 Å². The lowest BCUT2D eigenvalue weighted by Gasteiger charge is -2.30. The molecule has 1 aliphatic heterocycles. The average molecular weight is 534 g/mol. The van der Waals surface area contributed by atoms with Crippen LogP contribution >= 0.6 is 0 Å². The standard InChI is InChI=1S/C37H31N3O/c1-23-31(21-12-22-34(23)41-4)39-24(2)38(3)36-28-16-6-5-13-25(28)26-14-7-9-19-32(26)40-33-20-10-8-15-27(33)29-17-11-18-30(35(29)40)37(36)39/h5-22,24H,1-4H3/t24-/m0/s1. The summed E-state index contributed by atoms with van der Waals surface area (Å²) in [6.07, 6.45) is 0.0848. The second-order valence-electron chi connectivity index (χ2n) is 11.0. The van der Waals surface area contributed by atoms with E-state index in [2.05, 4.69) is 138 Å². The lowest BCUT2D eigenvalue weighted by molar-refractivity contribution is 0.411. The summed E-state index contributed by atoms with van der Waals surface area (Å²) in [6.45, 7) is 4.46. The molecule has 0 radical (unpaired) electrons. The second kappa shape index (κ2) is 8.77. The molecule has 41 heavy (non-hydrogen) atoms. The highest BCUT2D eigenvalue weighted by atomic mass is 16.5. The van der Waals surface area contributed by atoms with Gasteiger partial charge in [0.2, 0.25) is 0 Å². The van der Waals surface area contributed by atoms with E-state index in [4.69, 9.17) is 4.74 Å². The number of methoxy groups -OCH3 is 1. The molecule has 0 amide bonds. The predicted molar refractivity (Wildman–Crippen MR) is 174 cm³/mol. The largest absolute Gasteiger partial charge is 0.496 e. The van der Waals surface area contributed by atoms with E-state index in [0.717, 1.165) is 17.0 Å². The molecule has 2 aromatic heterocycles. The Morgan fingerprint density at radius 3 is 1.85 bits per heavy atom. The van der Waals surface area contributed by atoms with Crippen molar-refractivity contribution in [3.05, 3.63) is 115 Å². The lowest BCUT2D eigenvalue weighted by Crippen LogP contribution is -2.36. The fraction of sp³-hybridized carbons (Fsp3) is 0.135. The molecule has 3 heterocycles. The summed E-state index contributed by atoms with van der Waals surface area (Å²) >= 11 is 0. The molecule has 4 heteroatoms. The van der Waals surface area contributed by atoms with Crippen LogP contribution in [0.3, 0.4) is 0 Å². The van der Waals surface area contributed by atoms with Gasteiger partial charge in [0.05, 0.1) is 35.0 Å². The number of hydrogen-bond donors (Lipinski definition) is 0. The zero-order valence-corrected chi connectivity index (χ0v) is 23.7. The Morgan fingerprint density at radius 2 is 1.15 bits per heavy atom. The number of aromatic nitrogens is 1. The van der Waals surface area contributed by atoms with E-state index in [0.29, 0.717) is 0 Å². The van der Waals surface area contributed by atoms with E-state index in [9.17, 15) is 0 Å². The van der Waals surface area contributed by atoms with E-state index < -0.39 is 0 Å². The van der Waals surface area contributed by atoms with E-state index in [1.165, 1.54) is 60.2 Å². The number of rotatable bonds is 2. The van der Waals surface area contributed by atoms with Crippen molar-refractivity contribution in [3.8, 4) is 5.75 Å². The molecular weight excluding hydrogens is 502 g/mol. The van der Waals surface area contributed by atoms with Gasteiger partial charge >= 0.3 is 0 Å². The highest BCUT2D eigenvalue weighted by molar-refractivity contribution is 6.23. The maximum atomic E-state index is 5.80. The van der Waals surface area contributed by atoms with Crippen LogP contribution in [0, 0.1) is 6.92 Å². The number of para-hydroxylation sites is 3. The fourth-order valence-corrected chi connectivity index (χ4v) is 7.09. The molecule has 200 valence electrons. The van der Waals surface area contributed by atoms with Gasteiger partial charge in [-0.05, 0) is 43.5 Å². The Balaban J connectivity index is 1.73. The molecule has 0 N–H and O–H groups in total. The number of benzene rings is 5. The summed E-state index contributed by atoms with van der Waals surface area (Å²) in [4.78, 5) is 4.95. The highest BCUT2D eigenvalue weighted by Gasteiger charge is 2.35. The molecular formula is C37H31N3O. The Labute approximate surface area is 239 Å². The van der Waals surface area contributed by atoms with Gasteiger partial charge < -0.3 is 18.9 Å². The van der Waals surface area contributed by atoms with Crippen LogP contribution in [-0.2, 0) is 0 Å². The molecule has 0 aliphatic carbocycles. The van der Waals surface area contributed by atoms with Crippen LogP contribution in [0.1, 0.15) is 12.5 Å². The first-order valence-corrected chi connectivity index (χ1v) is 14.2. The van der Waals surface area contributed by atoms with Crippen molar-refractivity contribution < 1.29 is 4.74 Å². The van der Waals surface area contributed by atoms with Crippen molar-refractivity contribution >= 4 is 65.9 Å². The fourth-order valence-electron chi connectivity index (χ4n) is 7.09. The van der Waals surface area contributed by atoms with Crippen molar-refractivity contribution in [2.45, 2.75) is 20.0 Å². The van der Waals surface area contributed by atoms with Crippen LogP contribution in [0.15, 0.2) is 109 Å². The molecule has 1 aliphatic rings. The van der Waals surface area contributed by atoms with Gasteiger partial charge in [0.25, 0.3) is 0 Å². The molecule has 0 bridgehead atoms. The number of anilines is 3. The SMILES string of the molecule is COc1cccc(N2c3c(c4ccccc4c4ccccc4n4c5ccccc5c5cccc3c54)N(C)[C@@H]2C)c1C. The van der Waals surface area contributed by atoms with Gasteiger partial charge in [-0.1, -0.05) is 84.9 Å². The van der Waals surface area contributed by atoms with Crippen LogP contribution in [0.5, 0.6) is 5.75 Å². The van der Waals surface area contributed by atoms with Crippen molar-refractivity contribution in [1.82, 2.24) is 4.40 Å². The minimum Gasteiger partial charge on any atom is -0.496 e. The summed E-state index contributed by atoms with van der Waals surface area (Å²) in [7, 11) is 3.98. The third-order valence-electron chi connectivity index (χ3n) is 9.05. The molecule has 1 atom stereocenters. The Bertz CT molecular complexity index is 2210. The van der Waals surface area contributed by atoms with Gasteiger partial charge in [0, 0.05) is 45.2 Å². The summed E-state index contributed by atoms with van der Waals surface area (Å²) in [5.41, 5.74) is 8.37. The average Bonchev–Trinajstić information content (AvgIpc) is 3.49. The number of hydrogen-bond acceptors (Lipinski definition) is 3. The molecule has 7 aromatic rings. The quantitative estimate of drug-likeness (QED) is 0.221. The molecule has 0 saturated heterocycles. The number of ether oxygens (including phenoxy) is 1. The van der Waals surface area contributed by atoms with Crippen LogP contribution in [0.2, 0.25) is 0 Å². The predicted octanol–water partition coefficient (Wildman–Crippen LogP) is 9.37. The van der Waals surface area contributed by atoms with E-state index in [-0.39, 0.29) is 6.17 Å². The monoisotopic (exact) mass is 533 g/mol. The smallest absolute Gasteiger partial charge is 0.123 e. The molecule has 5 aromatic carbocycles. The first-order valence-electron chi connectivity index (χ1n) is 14.2. The Kier molecular flexibility index (Phi) is 5.11. The van der Waals surface area contributed by atoms with E-state index >= 15 is 0 Å². The first-order chi connectivity index (χ1) is 20.1. The van der Waals surface area contributed by atoms with Crippen LogP contribution in [0.25, 0.3) is 48.9 Å². The topological polar surface area (TPSA) is 20.1 Å². The minimum absolute atomic E-state index is 0.0848. The number of nitrogens with zero attached hydrogens (tertiary/aromatic N) is 3. The van der Waals surface area contributed by atoms with Gasteiger partial charge in [-0.25, -0.2) is 0 Å². The van der Waals surface area contributed by atoms with Crippen molar-refractivity contribution in [2.24, 2.45) is 0 Å². The third kappa shape index (κ3) is 3.16. The molecule has 0 unspecified atom stereocenters. The minimum atomic E-state index is 0.0848. The normalized spacial score (nSPS) is 15.0. The molecule has 0 spiro atoms. The Morgan fingerprint density at radius 1 is 0.585 bits per heavy atom.